The minimum Gasteiger partial charge on any atom is -0.493 e. The highest BCUT2D eigenvalue weighted by Crippen LogP contribution is 2.39. The summed E-state index contributed by atoms with van der Waals surface area (Å²) < 4.78 is 38.0. The maximum atomic E-state index is 13.6. The van der Waals surface area contributed by atoms with Gasteiger partial charge in [-0.05, 0) is 60.0 Å². The fourth-order valence-electron chi connectivity index (χ4n) is 5.86. The van der Waals surface area contributed by atoms with E-state index in [4.69, 9.17) is 33.2 Å². The summed E-state index contributed by atoms with van der Waals surface area (Å²) in [5.41, 5.74) is 0.947. The van der Waals surface area contributed by atoms with Crippen LogP contribution < -0.4 is 24.3 Å². The Morgan fingerprint density at radius 2 is 1.38 bits per heavy atom. The molecule has 0 saturated carbocycles. The molecular formula is C38H40N2O12. The Bertz CT molecular complexity index is 1890. The highest BCUT2D eigenvalue weighted by Gasteiger charge is 2.34. The molecule has 2 N–H and O–H groups in total. The summed E-state index contributed by atoms with van der Waals surface area (Å²) in [5.74, 6) is -0.602. The number of rotatable bonds is 14. The van der Waals surface area contributed by atoms with Gasteiger partial charge in [0.15, 0.2) is 30.9 Å². The van der Waals surface area contributed by atoms with Gasteiger partial charge in [-0.1, -0.05) is 36.4 Å². The highest BCUT2D eigenvalue weighted by molar-refractivity contribution is 6.13. The van der Waals surface area contributed by atoms with Crippen LogP contribution >= 0.6 is 0 Å². The normalized spacial score (nSPS) is 15.7. The van der Waals surface area contributed by atoms with Gasteiger partial charge in [-0.25, -0.2) is 9.59 Å². The van der Waals surface area contributed by atoms with Crippen LogP contribution in [0.5, 0.6) is 23.0 Å². The lowest BCUT2D eigenvalue weighted by molar-refractivity contribution is 0.0179. The Morgan fingerprint density at radius 1 is 0.769 bits per heavy atom. The number of fused-ring (bicyclic) bond motifs is 1. The zero-order valence-electron chi connectivity index (χ0n) is 29.2. The van der Waals surface area contributed by atoms with Gasteiger partial charge in [0.25, 0.3) is 5.91 Å². The van der Waals surface area contributed by atoms with Gasteiger partial charge >= 0.3 is 12.1 Å². The molecule has 0 bridgehead atoms. The summed E-state index contributed by atoms with van der Waals surface area (Å²) in [4.78, 5) is 53.9. The Hall–Kier alpha value is -5.86. The number of benzene rings is 4. The van der Waals surface area contributed by atoms with Crippen molar-refractivity contribution < 1.29 is 57.4 Å². The first kappa shape index (κ1) is 37.4. The molecule has 0 radical (unpaired) electrons. The molecule has 5 rings (SSSR count). The van der Waals surface area contributed by atoms with Crippen LogP contribution in [-0.2, 0) is 14.2 Å². The molecule has 4 aromatic carbocycles. The SMILES string of the molecule is COCOc1cc2ccccc2cc1C(=O)c1ccc(C(=O)O[C@@H]2CCCN(C(=O)O)C[C@H]2NC(=O)c2cc(OC)c(OCOC)c(OC)c2)cc1. The van der Waals surface area contributed by atoms with Gasteiger partial charge in [0.1, 0.15) is 11.9 Å². The lowest BCUT2D eigenvalue weighted by atomic mass is 9.98. The Balaban J connectivity index is 1.35. The van der Waals surface area contributed by atoms with E-state index in [0.29, 0.717) is 23.3 Å². The molecule has 0 unspecified atom stereocenters. The largest absolute Gasteiger partial charge is 0.493 e. The summed E-state index contributed by atoms with van der Waals surface area (Å²) >= 11 is 0. The molecule has 52 heavy (non-hydrogen) atoms. The fourth-order valence-corrected chi connectivity index (χ4v) is 5.86. The van der Waals surface area contributed by atoms with Gasteiger partial charge < -0.3 is 48.5 Å². The summed E-state index contributed by atoms with van der Waals surface area (Å²) in [7, 11) is 5.75. The number of ketones is 1. The summed E-state index contributed by atoms with van der Waals surface area (Å²) in [5, 5.41) is 14.4. The number of nitrogens with one attached hydrogen (secondary N) is 1. The number of carbonyl (C=O) groups is 4. The number of hydrogen-bond donors (Lipinski definition) is 2. The minimum atomic E-state index is -1.17. The maximum Gasteiger partial charge on any atom is 0.407 e. The second-order valence-corrected chi connectivity index (χ2v) is 11.8. The van der Waals surface area contributed by atoms with Crippen molar-refractivity contribution in [1.82, 2.24) is 10.2 Å². The second-order valence-electron chi connectivity index (χ2n) is 11.8. The summed E-state index contributed by atoms with van der Waals surface area (Å²) in [6, 6.07) is 19.1. The lowest BCUT2D eigenvalue weighted by Crippen LogP contribution is -2.51. The molecule has 2 amide bonds. The van der Waals surface area contributed by atoms with Crippen LogP contribution in [0.15, 0.2) is 72.8 Å². The van der Waals surface area contributed by atoms with Gasteiger partial charge in [0, 0.05) is 38.4 Å². The van der Waals surface area contributed by atoms with E-state index in [0.717, 1.165) is 10.8 Å². The number of hydrogen-bond acceptors (Lipinski definition) is 11. The number of ether oxygens (including phenoxy) is 7. The topological polar surface area (TPSA) is 168 Å². The molecule has 1 aliphatic heterocycles. The molecule has 14 nitrogen and oxygen atoms in total. The average molecular weight is 717 g/mol. The Morgan fingerprint density at radius 3 is 2.00 bits per heavy atom. The molecule has 1 heterocycles. The van der Waals surface area contributed by atoms with Gasteiger partial charge in [-0.2, -0.15) is 0 Å². The van der Waals surface area contributed by atoms with Crippen LogP contribution in [0.4, 0.5) is 4.79 Å². The number of likely N-dealkylation sites (tertiary alicyclic amines) is 1. The minimum absolute atomic E-state index is 0.0469. The van der Waals surface area contributed by atoms with Crippen LogP contribution in [0.3, 0.4) is 0 Å². The van der Waals surface area contributed by atoms with Gasteiger partial charge in [0.05, 0.1) is 31.4 Å². The number of carbonyl (C=O) groups excluding carboxylic acids is 3. The van der Waals surface area contributed by atoms with Crippen molar-refractivity contribution in [3.8, 4) is 23.0 Å². The second kappa shape index (κ2) is 17.4. The average Bonchev–Trinajstić information content (AvgIpc) is 3.36. The first-order valence-corrected chi connectivity index (χ1v) is 16.3. The van der Waals surface area contributed by atoms with E-state index >= 15 is 0 Å². The molecule has 0 spiro atoms. The third-order valence-corrected chi connectivity index (χ3v) is 8.48. The van der Waals surface area contributed by atoms with Crippen LogP contribution in [0.25, 0.3) is 10.8 Å². The zero-order chi connectivity index (χ0) is 37.2. The number of carboxylic acid groups (broad SMARTS) is 1. The first-order chi connectivity index (χ1) is 25.2. The Kier molecular flexibility index (Phi) is 12.5. The van der Waals surface area contributed by atoms with E-state index < -0.39 is 30.1 Å². The van der Waals surface area contributed by atoms with Gasteiger partial charge in [-0.3, -0.25) is 9.59 Å². The standard InChI is InChI=1S/C38H40N2O12/c1-46-21-50-31-17-26-9-6-5-8-25(26)16-28(31)34(41)23-11-13-24(14-12-23)37(43)52-30-10-7-15-40(38(44)45)20-29(30)39-36(42)27-18-32(48-3)35(51-22-47-2)33(19-27)49-4/h5-6,8-9,11-14,16-19,29-30H,7,10,15,20-22H2,1-4H3,(H,39,42)(H,44,45)/t29-,30-/m1/s1. The molecule has 4 aromatic rings. The van der Waals surface area contributed by atoms with Crippen LogP contribution in [0.1, 0.15) is 49.5 Å². The van der Waals surface area contributed by atoms with E-state index in [1.54, 1.807) is 12.1 Å². The molecule has 2 atom stereocenters. The Labute approximate surface area is 300 Å². The predicted molar refractivity (Wildman–Crippen MR) is 188 cm³/mol. The van der Waals surface area contributed by atoms with Crippen LogP contribution in [-0.4, -0.2) is 101 Å². The zero-order valence-corrected chi connectivity index (χ0v) is 29.2. The van der Waals surface area contributed by atoms with Crippen molar-refractivity contribution in [2.75, 3.05) is 55.1 Å². The van der Waals surface area contributed by atoms with Crippen molar-refractivity contribution >= 4 is 34.5 Å². The van der Waals surface area contributed by atoms with Crippen molar-refractivity contribution in [2.24, 2.45) is 0 Å². The number of nitrogens with zero attached hydrogens (tertiary/aromatic N) is 1. The predicted octanol–water partition coefficient (Wildman–Crippen LogP) is 5.15. The van der Waals surface area contributed by atoms with E-state index in [-0.39, 0.29) is 67.3 Å². The third kappa shape index (κ3) is 8.71. The molecule has 14 heteroatoms. The van der Waals surface area contributed by atoms with Crippen LogP contribution in [0.2, 0.25) is 0 Å². The molecule has 274 valence electrons. The smallest absolute Gasteiger partial charge is 0.407 e. The third-order valence-electron chi connectivity index (χ3n) is 8.48. The van der Waals surface area contributed by atoms with E-state index in [9.17, 15) is 24.3 Å². The van der Waals surface area contributed by atoms with Crippen molar-refractivity contribution in [2.45, 2.75) is 25.0 Å². The number of amides is 2. The van der Waals surface area contributed by atoms with Crippen molar-refractivity contribution in [3.05, 3.63) is 95.1 Å². The molecule has 1 aliphatic rings. The maximum absolute atomic E-state index is 13.6. The molecule has 1 fully saturated rings. The van der Waals surface area contributed by atoms with Crippen molar-refractivity contribution in [1.29, 1.82) is 0 Å². The summed E-state index contributed by atoms with van der Waals surface area (Å²) in [6.45, 7) is -0.0823. The summed E-state index contributed by atoms with van der Waals surface area (Å²) in [6.07, 6.45) is -1.39. The fraction of sp³-hybridized carbons (Fsp3) is 0.316. The molecule has 1 saturated heterocycles. The van der Waals surface area contributed by atoms with E-state index in [1.165, 1.54) is 69.7 Å². The van der Waals surface area contributed by atoms with Crippen molar-refractivity contribution in [3.63, 3.8) is 0 Å². The number of methoxy groups -OCH3 is 4. The van der Waals surface area contributed by atoms with Gasteiger partial charge in [-0.15, -0.1) is 0 Å². The first-order valence-electron chi connectivity index (χ1n) is 16.3. The van der Waals surface area contributed by atoms with Crippen LogP contribution in [0, 0.1) is 0 Å². The monoisotopic (exact) mass is 716 g/mol. The quantitative estimate of drug-likeness (QED) is 0.100. The van der Waals surface area contributed by atoms with E-state index in [1.807, 2.05) is 24.3 Å². The highest BCUT2D eigenvalue weighted by atomic mass is 16.7. The number of esters is 1. The van der Waals surface area contributed by atoms with E-state index in [2.05, 4.69) is 5.32 Å². The van der Waals surface area contributed by atoms with Gasteiger partial charge in [0.2, 0.25) is 5.75 Å². The molecule has 0 aromatic heterocycles. The lowest BCUT2D eigenvalue weighted by Gasteiger charge is -2.28. The molecule has 0 aliphatic carbocycles. The molecular weight excluding hydrogens is 676 g/mol.